The van der Waals surface area contributed by atoms with E-state index in [0.29, 0.717) is 18.1 Å². The van der Waals surface area contributed by atoms with Crippen LogP contribution in [-0.2, 0) is 9.53 Å². The molecule has 3 rings (SSSR count). The van der Waals surface area contributed by atoms with Gasteiger partial charge in [0.2, 0.25) is 5.91 Å². The van der Waals surface area contributed by atoms with E-state index >= 15 is 0 Å². The minimum atomic E-state index is -0.118. The second-order valence-electron chi connectivity index (χ2n) is 5.64. The first kappa shape index (κ1) is 14.8. The summed E-state index contributed by atoms with van der Waals surface area (Å²) in [6.45, 7) is 3.48. The molecule has 2 saturated heterocycles. The number of hydrogen-bond acceptors (Lipinski definition) is 4. The molecule has 2 heterocycles. The second-order valence-corrected chi connectivity index (χ2v) is 6.08. The third-order valence-corrected chi connectivity index (χ3v) is 4.22. The molecule has 0 aromatic heterocycles. The lowest BCUT2D eigenvalue weighted by atomic mass is 10.1. The van der Waals surface area contributed by atoms with Crippen LogP contribution in [0.1, 0.15) is 11.7 Å². The Morgan fingerprint density at radius 2 is 2.33 bits per heavy atom. The minimum absolute atomic E-state index is 0.0642. The average molecular weight is 310 g/mol. The van der Waals surface area contributed by atoms with Gasteiger partial charge in [-0.2, -0.15) is 0 Å². The first-order valence-electron chi connectivity index (χ1n) is 7.22. The summed E-state index contributed by atoms with van der Waals surface area (Å²) in [7, 11) is 2.08. The van der Waals surface area contributed by atoms with Crippen LogP contribution in [0, 0.1) is 0 Å². The summed E-state index contributed by atoms with van der Waals surface area (Å²) in [5.74, 6) is 0.108. The summed E-state index contributed by atoms with van der Waals surface area (Å²) < 4.78 is 5.78. The van der Waals surface area contributed by atoms with Gasteiger partial charge in [0, 0.05) is 18.1 Å². The lowest BCUT2D eigenvalue weighted by Gasteiger charge is -2.34. The Balaban J connectivity index is 1.73. The highest BCUT2D eigenvalue weighted by Crippen LogP contribution is 2.25. The van der Waals surface area contributed by atoms with Crippen molar-refractivity contribution in [2.75, 3.05) is 39.8 Å². The van der Waals surface area contributed by atoms with Gasteiger partial charge in [-0.15, -0.1) is 0 Å². The van der Waals surface area contributed by atoms with Crippen molar-refractivity contribution in [3.05, 3.63) is 34.9 Å². The van der Waals surface area contributed by atoms with Gasteiger partial charge in [-0.1, -0.05) is 23.7 Å². The van der Waals surface area contributed by atoms with Gasteiger partial charge in [0.05, 0.1) is 25.8 Å². The number of nitrogens with zero attached hydrogens (tertiary/aromatic N) is 2. The van der Waals surface area contributed by atoms with Gasteiger partial charge in [0.25, 0.3) is 0 Å². The maximum absolute atomic E-state index is 12.2. The Morgan fingerprint density at radius 3 is 3.10 bits per heavy atom. The van der Waals surface area contributed by atoms with Crippen LogP contribution in [-0.4, -0.2) is 61.6 Å². The Kier molecular flexibility index (Phi) is 4.45. The Morgan fingerprint density at radius 1 is 1.48 bits per heavy atom. The van der Waals surface area contributed by atoms with E-state index in [2.05, 4.69) is 17.3 Å². The second kappa shape index (κ2) is 6.32. The number of hydrogen-bond donors (Lipinski definition) is 1. The molecule has 0 saturated carbocycles. The van der Waals surface area contributed by atoms with Gasteiger partial charge in [-0.25, -0.2) is 0 Å². The van der Waals surface area contributed by atoms with E-state index in [1.807, 2.05) is 29.2 Å². The summed E-state index contributed by atoms with van der Waals surface area (Å²) in [6.07, 6.45) is -0.0543. The van der Waals surface area contributed by atoms with Crippen molar-refractivity contribution in [3.63, 3.8) is 0 Å². The highest BCUT2D eigenvalue weighted by atomic mass is 35.5. The summed E-state index contributed by atoms with van der Waals surface area (Å²) in [5, 5.41) is 3.93. The number of nitrogens with one attached hydrogen (secondary N) is 1. The van der Waals surface area contributed by atoms with Gasteiger partial charge in [-0.05, 0) is 24.7 Å². The number of rotatable bonds is 3. The van der Waals surface area contributed by atoms with Crippen LogP contribution in [0.15, 0.2) is 24.3 Å². The standard InChI is InChI=1S/C15H20ClN3O2/c1-18-5-6-21-13(9-18)10-19-14(20)8-17-15(19)11-3-2-4-12(16)7-11/h2-4,7,13,15,17H,5-6,8-10H2,1H3. The highest BCUT2D eigenvalue weighted by molar-refractivity contribution is 6.30. The van der Waals surface area contributed by atoms with Crippen LogP contribution < -0.4 is 5.32 Å². The molecule has 0 bridgehead atoms. The number of ether oxygens (including phenoxy) is 1. The molecule has 1 aromatic carbocycles. The zero-order valence-corrected chi connectivity index (χ0v) is 12.8. The minimum Gasteiger partial charge on any atom is -0.374 e. The predicted molar refractivity (Wildman–Crippen MR) is 81.1 cm³/mol. The van der Waals surface area contributed by atoms with E-state index in [-0.39, 0.29) is 18.2 Å². The molecule has 2 atom stereocenters. The average Bonchev–Trinajstić information content (AvgIpc) is 2.80. The fourth-order valence-corrected chi connectivity index (χ4v) is 3.12. The molecule has 1 aromatic rings. The summed E-state index contributed by atoms with van der Waals surface area (Å²) in [6, 6.07) is 7.64. The van der Waals surface area contributed by atoms with Crippen molar-refractivity contribution >= 4 is 17.5 Å². The van der Waals surface area contributed by atoms with Crippen molar-refractivity contribution in [1.29, 1.82) is 0 Å². The first-order chi connectivity index (χ1) is 10.1. The molecule has 114 valence electrons. The molecule has 6 heteroatoms. The van der Waals surface area contributed by atoms with Gasteiger partial charge in [0.1, 0.15) is 6.17 Å². The van der Waals surface area contributed by atoms with Crippen LogP contribution in [0.25, 0.3) is 0 Å². The smallest absolute Gasteiger partial charge is 0.238 e. The molecule has 5 nitrogen and oxygen atoms in total. The number of carbonyl (C=O) groups is 1. The molecular formula is C15H20ClN3O2. The van der Waals surface area contributed by atoms with E-state index in [1.54, 1.807) is 0 Å². The van der Waals surface area contributed by atoms with E-state index in [4.69, 9.17) is 16.3 Å². The molecule has 21 heavy (non-hydrogen) atoms. The highest BCUT2D eigenvalue weighted by Gasteiger charge is 2.34. The Bertz CT molecular complexity index is 525. The number of carbonyl (C=O) groups excluding carboxylic acids is 1. The third kappa shape index (κ3) is 3.37. The molecule has 0 aliphatic carbocycles. The van der Waals surface area contributed by atoms with Crippen LogP contribution in [0.3, 0.4) is 0 Å². The molecule has 0 radical (unpaired) electrons. The maximum Gasteiger partial charge on any atom is 0.238 e. The summed E-state index contributed by atoms with van der Waals surface area (Å²) >= 11 is 6.06. The topological polar surface area (TPSA) is 44.8 Å². The van der Waals surface area contributed by atoms with Gasteiger partial charge in [0.15, 0.2) is 0 Å². The van der Waals surface area contributed by atoms with Crippen molar-refractivity contribution in [3.8, 4) is 0 Å². The van der Waals surface area contributed by atoms with Crippen LogP contribution in [0.2, 0.25) is 5.02 Å². The third-order valence-electron chi connectivity index (χ3n) is 3.99. The lowest BCUT2D eigenvalue weighted by molar-refractivity contribution is -0.131. The van der Waals surface area contributed by atoms with E-state index in [9.17, 15) is 4.79 Å². The number of amides is 1. The Hall–Kier alpha value is -1.14. The first-order valence-corrected chi connectivity index (χ1v) is 7.60. The molecular weight excluding hydrogens is 290 g/mol. The molecule has 2 aliphatic heterocycles. The predicted octanol–water partition coefficient (Wildman–Crippen LogP) is 1.10. The molecule has 1 N–H and O–H groups in total. The maximum atomic E-state index is 12.2. The van der Waals surface area contributed by atoms with Crippen molar-refractivity contribution in [1.82, 2.24) is 15.1 Å². The fourth-order valence-electron chi connectivity index (χ4n) is 2.92. The number of likely N-dealkylation sites (N-methyl/N-ethyl adjacent to an activating group) is 1. The van der Waals surface area contributed by atoms with Crippen LogP contribution in [0.4, 0.5) is 0 Å². The zero-order chi connectivity index (χ0) is 14.8. The zero-order valence-electron chi connectivity index (χ0n) is 12.1. The quantitative estimate of drug-likeness (QED) is 0.908. The number of benzene rings is 1. The number of morpholine rings is 1. The fraction of sp³-hybridized carbons (Fsp3) is 0.533. The van der Waals surface area contributed by atoms with Crippen LogP contribution in [0.5, 0.6) is 0 Å². The van der Waals surface area contributed by atoms with Gasteiger partial charge in [-0.3, -0.25) is 10.1 Å². The molecule has 0 spiro atoms. The largest absolute Gasteiger partial charge is 0.374 e. The lowest BCUT2D eigenvalue weighted by Crippen LogP contribution is -2.47. The van der Waals surface area contributed by atoms with Gasteiger partial charge >= 0.3 is 0 Å². The van der Waals surface area contributed by atoms with Crippen molar-refractivity contribution in [2.45, 2.75) is 12.3 Å². The van der Waals surface area contributed by atoms with E-state index in [1.165, 1.54) is 0 Å². The summed E-state index contributed by atoms with van der Waals surface area (Å²) in [5.41, 5.74) is 1.01. The Labute approximate surface area is 129 Å². The monoisotopic (exact) mass is 309 g/mol. The van der Waals surface area contributed by atoms with Crippen molar-refractivity contribution < 1.29 is 9.53 Å². The summed E-state index contributed by atoms with van der Waals surface area (Å²) in [4.78, 5) is 16.2. The van der Waals surface area contributed by atoms with Crippen molar-refractivity contribution in [2.24, 2.45) is 0 Å². The normalized spacial score (nSPS) is 27.3. The number of halogens is 1. The van der Waals surface area contributed by atoms with Gasteiger partial charge < -0.3 is 14.5 Å². The molecule has 2 unspecified atom stereocenters. The molecule has 1 amide bonds. The van der Waals surface area contributed by atoms with E-state index in [0.717, 1.165) is 25.3 Å². The molecule has 2 fully saturated rings. The SMILES string of the molecule is CN1CCOC(CN2C(=O)CNC2c2cccc(Cl)c2)C1. The van der Waals surface area contributed by atoms with E-state index < -0.39 is 0 Å². The van der Waals surface area contributed by atoms with Crippen LogP contribution >= 0.6 is 11.6 Å². The molecule has 2 aliphatic rings.